The molecule has 6 heteroatoms. The molecule has 1 aliphatic heterocycles. The topological polar surface area (TPSA) is 84.2 Å². The summed E-state index contributed by atoms with van der Waals surface area (Å²) < 4.78 is 1.37. The van der Waals surface area contributed by atoms with Crippen LogP contribution < -0.4 is 10.9 Å². The summed E-state index contributed by atoms with van der Waals surface area (Å²) in [7, 11) is 0. The highest BCUT2D eigenvalue weighted by Crippen LogP contribution is 2.16. The van der Waals surface area contributed by atoms with E-state index in [0.717, 1.165) is 30.5 Å². The minimum atomic E-state index is -0.501. The molecule has 2 aromatic rings. The predicted molar refractivity (Wildman–Crippen MR) is 96.8 cm³/mol. The van der Waals surface area contributed by atoms with Crippen molar-refractivity contribution < 1.29 is 9.90 Å². The summed E-state index contributed by atoms with van der Waals surface area (Å²) in [6.07, 6.45) is 3.64. The number of carbonyl (C=O) groups excluding carboxylic acids is 1. The maximum absolute atomic E-state index is 12.7. The zero-order chi connectivity index (χ0) is 18.0. The summed E-state index contributed by atoms with van der Waals surface area (Å²) in [5, 5.41) is 13.7. The molecule has 2 atom stereocenters. The highest BCUT2D eigenvalue weighted by Gasteiger charge is 2.25. The van der Waals surface area contributed by atoms with Gasteiger partial charge in [-0.25, -0.2) is 4.98 Å². The van der Waals surface area contributed by atoms with Crippen molar-refractivity contribution in [2.45, 2.75) is 58.2 Å². The van der Waals surface area contributed by atoms with E-state index in [1.54, 1.807) is 0 Å². The van der Waals surface area contributed by atoms with Crippen LogP contribution in [0.5, 0.6) is 0 Å². The first-order valence-electron chi connectivity index (χ1n) is 8.91. The number of piperidine rings is 1. The number of Topliss-reactive ketones (excluding diaryl/α,β-unsaturated/α-hetero) is 1. The second kappa shape index (κ2) is 7.45. The van der Waals surface area contributed by atoms with Crippen molar-refractivity contribution in [3.63, 3.8) is 0 Å². The Kier molecular flexibility index (Phi) is 5.30. The van der Waals surface area contributed by atoms with Crippen molar-refractivity contribution in [2.24, 2.45) is 0 Å². The minimum Gasteiger partial charge on any atom is -0.391 e. The molecule has 1 aliphatic rings. The van der Waals surface area contributed by atoms with Crippen LogP contribution >= 0.6 is 0 Å². The maximum atomic E-state index is 12.7. The van der Waals surface area contributed by atoms with Crippen molar-refractivity contribution in [2.75, 3.05) is 6.54 Å². The van der Waals surface area contributed by atoms with Crippen LogP contribution in [0.15, 0.2) is 23.3 Å². The number of hydrogen-bond donors (Lipinski definition) is 2. The molecule has 134 valence electrons. The third-order valence-electron chi connectivity index (χ3n) is 4.93. The highest BCUT2D eigenvalue weighted by atomic mass is 16.3. The lowest BCUT2D eigenvalue weighted by molar-refractivity contribution is -0.121. The fourth-order valence-electron chi connectivity index (χ4n) is 3.48. The van der Waals surface area contributed by atoms with Gasteiger partial charge in [-0.3, -0.25) is 14.2 Å². The third kappa shape index (κ3) is 3.80. The Morgan fingerprint density at radius 1 is 1.44 bits per heavy atom. The molecule has 3 rings (SSSR count). The van der Waals surface area contributed by atoms with Crippen LogP contribution in [0.3, 0.4) is 0 Å². The first-order chi connectivity index (χ1) is 12.0. The second-order valence-corrected chi connectivity index (χ2v) is 6.85. The number of nitrogens with zero attached hydrogens (tertiary/aromatic N) is 2. The molecule has 0 aliphatic carbocycles. The lowest BCUT2D eigenvalue weighted by Crippen LogP contribution is -2.46. The number of aromatic nitrogens is 2. The Balaban J connectivity index is 1.82. The van der Waals surface area contributed by atoms with Gasteiger partial charge in [-0.1, -0.05) is 13.0 Å². The van der Waals surface area contributed by atoms with Crippen LogP contribution in [0.2, 0.25) is 0 Å². The lowest BCUT2D eigenvalue weighted by Gasteiger charge is -2.28. The van der Waals surface area contributed by atoms with E-state index in [4.69, 9.17) is 0 Å². The second-order valence-electron chi connectivity index (χ2n) is 6.85. The summed E-state index contributed by atoms with van der Waals surface area (Å²) in [5.74, 6) is -0.0786. The van der Waals surface area contributed by atoms with Gasteiger partial charge in [-0.05, 0) is 49.9 Å². The maximum Gasteiger partial charge on any atom is 0.261 e. The molecule has 25 heavy (non-hydrogen) atoms. The van der Waals surface area contributed by atoms with Gasteiger partial charge < -0.3 is 10.4 Å². The minimum absolute atomic E-state index is 0.0118. The number of aryl methyl sites for hydroxylation is 2. The van der Waals surface area contributed by atoms with E-state index in [1.165, 1.54) is 10.9 Å². The van der Waals surface area contributed by atoms with E-state index in [0.29, 0.717) is 17.3 Å². The van der Waals surface area contributed by atoms with Crippen LogP contribution in [-0.2, 0) is 17.8 Å². The van der Waals surface area contributed by atoms with Gasteiger partial charge in [0.2, 0.25) is 0 Å². The largest absolute Gasteiger partial charge is 0.391 e. The molecule has 0 unspecified atom stereocenters. The van der Waals surface area contributed by atoms with Gasteiger partial charge in [0.05, 0.1) is 29.9 Å². The van der Waals surface area contributed by atoms with Crippen molar-refractivity contribution in [3.05, 3.63) is 39.9 Å². The van der Waals surface area contributed by atoms with E-state index in [2.05, 4.69) is 10.3 Å². The van der Waals surface area contributed by atoms with E-state index in [1.807, 2.05) is 26.0 Å². The normalized spacial score (nSPS) is 20.8. The predicted octanol–water partition coefficient (Wildman–Crippen LogP) is 1.34. The smallest absolute Gasteiger partial charge is 0.261 e. The van der Waals surface area contributed by atoms with Crippen molar-refractivity contribution in [3.8, 4) is 0 Å². The SMILES string of the molecule is CCc1cc(C)c2ncn(CC(=O)C[C@H]3NCCC[C@@H]3O)c(=O)c2c1. The Morgan fingerprint density at radius 3 is 2.96 bits per heavy atom. The number of rotatable bonds is 5. The molecule has 0 spiro atoms. The Hall–Kier alpha value is -2.05. The van der Waals surface area contributed by atoms with Crippen molar-refractivity contribution >= 4 is 16.7 Å². The summed E-state index contributed by atoms with van der Waals surface area (Å²) in [5.41, 5.74) is 2.56. The molecule has 0 radical (unpaired) electrons. The van der Waals surface area contributed by atoms with Gasteiger partial charge >= 0.3 is 0 Å². The average Bonchev–Trinajstić information content (AvgIpc) is 2.59. The number of fused-ring (bicyclic) bond motifs is 1. The molecule has 1 aromatic carbocycles. The molecule has 2 N–H and O–H groups in total. The molecule has 0 saturated carbocycles. The number of benzene rings is 1. The molecule has 0 bridgehead atoms. The summed E-state index contributed by atoms with van der Waals surface area (Å²) >= 11 is 0. The fraction of sp³-hybridized carbons (Fsp3) is 0.526. The van der Waals surface area contributed by atoms with Gasteiger partial charge in [0.1, 0.15) is 0 Å². The van der Waals surface area contributed by atoms with Gasteiger partial charge in [0.15, 0.2) is 5.78 Å². The number of carbonyl (C=O) groups is 1. The summed E-state index contributed by atoms with van der Waals surface area (Å²) in [6, 6.07) is 3.69. The number of aliphatic hydroxyl groups is 1. The standard InChI is InChI=1S/C19H25N3O3/c1-3-13-7-12(2)18-15(8-13)19(25)22(11-21-18)10-14(23)9-16-17(24)5-4-6-20-16/h7-8,11,16-17,20,24H,3-6,9-10H2,1-2H3/t16-,17+/m1/s1. The van der Waals surface area contributed by atoms with E-state index in [-0.39, 0.29) is 30.3 Å². The molecule has 2 heterocycles. The highest BCUT2D eigenvalue weighted by molar-refractivity contribution is 5.82. The van der Waals surface area contributed by atoms with Crippen LogP contribution in [0.25, 0.3) is 10.9 Å². The quantitative estimate of drug-likeness (QED) is 0.856. The number of nitrogens with one attached hydrogen (secondary N) is 1. The first-order valence-corrected chi connectivity index (χ1v) is 8.91. The van der Waals surface area contributed by atoms with Crippen LogP contribution in [0, 0.1) is 6.92 Å². The van der Waals surface area contributed by atoms with E-state index < -0.39 is 6.10 Å². The van der Waals surface area contributed by atoms with E-state index in [9.17, 15) is 14.7 Å². The summed E-state index contributed by atoms with van der Waals surface area (Å²) in [6.45, 7) is 4.79. The zero-order valence-corrected chi connectivity index (χ0v) is 14.8. The molecule has 1 fully saturated rings. The Morgan fingerprint density at radius 2 is 2.24 bits per heavy atom. The van der Waals surface area contributed by atoms with Crippen LogP contribution in [0.1, 0.15) is 37.3 Å². The van der Waals surface area contributed by atoms with E-state index >= 15 is 0 Å². The van der Waals surface area contributed by atoms with Crippen LogP contribution in [0.4, 0.5) is 0 Å². The zero-order valence-electron chi connectivity index (χ0n) is 14.8. The molecule has 6 nitrogen and oxygen atoms in total. The van der Waals surface area contributed by atoms with Gasteiger partial charge in [0, 0.05) is 12.5 Å². The van der Waals surface area contributed by atoms with Crippen molar-refractivity contribution in [1.29, 1.82) is 0 Å². The lowest BCUT2D eigenvalue weighted by atomic mass is 9.97. The Labute approximate surface area is 146 Å². The van der Waals surface area contributed by atoms with Gasteiger partial charge in [-0.2, -0.15) is 0 Å². The van der Waals surface area contributed by atoms with Gasteiger partial charge in [0.25, 0.3) is 5.56 Å². The van der Waals surface area contributed by atoms with Crippen molar-refractivity contribution in [1.82, 2.24) is 14.9 Å². The van der Waals surface area contributed by atoms with Gasteiger partial charge in [-0.15, -0.1) is 0 Å². The first kappa shape index (κ1) is 17.8. The number of ketones is 1. The fourth-order valence-corrected chi connectivity index (χ4v) is 3.48. The number of aliphatic hydroxyl groups excluding tert-OH is 1. The molecule has 0 amide bonds. The third-order valence-corrected chi connectivity index (χ3v) is 4.93. The summed E-state index contributed by atoms with van der Waals surface area (Å²) in [4.78, 5) is 29.5. The van der Waals surface area contributed by atoms with Crippen LogP contribution in [-0.4, -0.2) is 39.1 Å². The molecule has 1 aromatic heterocycles. The average molecular weight is 343 g/mol. The Bertz CT molecular complexity index is 844. The monoisotopic (exact) mass is 343 g/mol. The molecular formula is C19H25N3O3. The number of hydrogen-bond acceptors (Lipinski definition) is 5. The molecule has 1 saturated heterocycles. The molecular weight excluding hydrogens is 318 g/mol.